The van der Waals surface area contributed by atoms with Crippen LogP contribution in [0.1, 0.15) is 38.4 Å². The molecule has 19 heavy (non-hydrogen) atoms. The van der Waals surface area contributed by atoms with Gasteiger partial charge in [-0.05, 0) is 26.9 Å². The molecule has 0 radical (unpaired) electrons. The lowest BCUT2D eigenvalue weighted by atomic mass is 10.2. The summed E-state index contributed by atoms with van der Waals surface area (Å²) in [6.45, 7) is 6.30. The molecule has 2 rings (SSSR count). The second-order valence-corrected chi connectivity index (χ2v) is 6.20. The Bertz CT molecular complexity index is 433. The van der Waals surface area contributed by atoms with Crippen LogP contribution in [0, 0.1) is 0 Å². The summed E-state index contributed by atoms with van der Waals surface area (Å²) in [5.74, 6) is 2.11. The first-order valence-electron chi connectivity index (χ1n) is 6.93. The van der Waals surface area contributed by atoms with Gasteiger partial charge < -0.3 is 9.80 Å². The van der Waals surface area contributed by atoms with Crippen LogP contribution in [0.2, 0.25) is 5.15 Å². The Morgan fingerprint density at radius 3 is 2.79 bits per heavy atom. The van der Waals surface area contributed by atoms with Gasteiger partial charge in [-0.15, -0.1) is 0 Å². The molecule has 0 spiro atoms. The Morgan fingerprint density at radius 2 is 2.16 bits per heavy atom. The minimum atomic E-state index is 0.298. The first-order valence-corrected chi connectivity index (χ1v) is 7.31. The molecule has 1 aliphatic rings. The molecule has 1 unspecified atom stereocenters. The number of hydrogen-bond donors (Lipinski definition) is 0. The zero-order valence-corrected chi connectivity index (χ0v) is 13.0. The van der Waals surface area contributed by atoms with E-state index in [0.29, 0.717) is 17.1 Å². The molecule has 1 aliphatic heterocycles. The van der Waals surface area contributed by atoms with Crippen LogP contribution < -0.4 is 4.90 Å². The van der Waals surface area contributed by atoms with E-state index in [-0.39, 0.29) is 0 Å². The minimum Gasteiger partial charge on any atom is -0.352 e. The van der Waals surface area contributed by atoms with Crippen molar-refractivity contribution in [3.63, 3.8) is 0 Å². The molecular formula is C14H23ClN4. The van der Waals surface area contributed by atoms with Gasteiger partial charge in [0.2, 0.25) is 0 Å². The monoisotopic (exact) mass is 282 g/mol. The summed E-state index contributed by atoms with van der Waals surface area (Å²) in [5, 5.41) is 0.546. The van der Waals surface area contributed by atoms with Crippen molar-refractivity contribution in [2.24, 2.45) is 0 Å². The topological polar surface area (TPSA) is 32.3 Å². The highest BCUT2D eigenvalue weighted by atomic mass is 35.5. The van der Waals surface area contributed by atoms with E-state index in [1.54, 1.807) is 0 Å². The van der Waals surface area contributed by atoms with E-state index < -0.39 is 0 Å². The van der Waals surface area contributed by atoms with E-state index in [2.05, 4.69) is 47.7 Å². The van der Waals surface area contributed by atoms with Crippen molar-refractivity contribution in [1.82, 2.24) is 14.9 Å². The number of likely N-dealkylation sites (N-methyl/N-ethyl adjacent to an activating group) is 1. The largest absolute Gasteiger partial charge is 0.352 e. The maximum Gasteiger partial charge on any atom is 0.135 e. The van der Waals surface area contributed by atoms with E-state index in [1.165, 1.54) is 12.8 Å². The van der Waals surface area contributed by atoms with Gasteiger partial charge in [-0.1, -0.05) is 25.4 Å². The second kappa shape index (κ2) is 6.06. The maximum atomic E-state index is 6.14. The maximum absolute atomic E-state index is 6.14. The molecule has 0 bridgehead atoms. The summed E-state index contributed by atoms with van der Waals surface area (Å²) >= 11 is 6.14. The van der Waals surface area contributed by atoms with Crippen LogP contribution in [0.5, 0.6) is 0 Å². The summed E-state index contributed by atoms with van der Waals surface area (Å²) < 4.78 is 0. The Balaban J connectivity index is 2.25. The number of nitrogens with zero attached hydrogens (tertiary/aromatic N) is 4. The predicted octanol–water partition coefficient (Wildman–Crippen LogP) is 2.78. The number of aromatic nitrogens is 2. The molecule has 4 nitrogen and oxygen atoms in total. The minimum absolute atomic E-state index is 0.298. The third-order valence-corrected chi connectivity index (χ3v) is 3.66. The molecule has 0 saturated carbocycles. The van der Waals surface area contributed by atoms with Crippen molar-refractivity contribution >= 4 is 17.4 Å². The van der Waals surface area contributed by atoms with Crippen LogP contribution in [0.3, 0.4) is 0 Å². The fourth-order valence-electron chi connectivity index (χ4n) is 2.58. The zero-order valence-electron chi connectivity index (χ0n) is 12.2. The lowest BCUT2D eigenvalue weighted by Crippen LogP contribution is -2.38. The van der Waals surface area contributed by atoms with Crippen LogP contribution in [0.25, 0.3) is 0 Å². The van der Waals surface area contributed by atoms with Crippen molar-refractivity contribution in [2.75, 3.05) is 32.1 Å². The first kappa shape index (κ1) is 14.5. The average molecular weight is 283 g/mol. The van der Waals surface area contributed by atoms with Gasteiger partial charge in [0.1, 0.15) is 16.8 Å². The summed E-state index contributed by atoms with van der Waals surface area (Å²) in [4.78, 5) is 13.6. The molecule has 0 aromatic carbocycles. The third-order valence-electron chi connectivity index (χ3n) is 3.46. The van der Waals surface area contributed by atoms with Gasteiger partial charge in [0.05, 0.1) is 0 Å². The van der Waals surface area contributed by atoms with Gasteiger partial charge in [0.15, 0.2) is 0 Å². The summed E-state index contributed by atoms with van der Waals surface area (Å²) in [6.07, 6.45) is 2.44. The van der Waals surface area contributed by atoms with Gasteiger partial charge >= 0.3 is 0 Å². The normalized spacial score (nSPS) is 19.7. The van der Waals surface area contributed by atoms with E-state index in [4.69, 9.17) is 11.6 Å². The zero-order chi connectivity index (χ0) is 14.0. The fourth-order valence-corrected chi connectivity index (χ4v) is 2.76. The molecule has 0 aliphatic carbocycles. The predicted molar refractivity (Wildman–Crippen MR) is 80.1 cm³/mol. The Kier molecular flexibility index (Phi) is 4.63. The summed E-state index contributed by atoms with van der Waals surface area (Å²) in [7, 11) is 4.23. The molecule has 0 N–H and O–H groups in total. The lowest BCUT2D eigenvalue weighted by molar-refractivity contribution is 0.371. The van der Waals surface area contributed by atoms with Crippen LogP contribution >= 0.6 is 11.6 Å². The third kappa shape index (κ3) is 3.57. The molecule has 5 heteroatoms. The van der Waals surface area contributed by atoms with Crippen molar-refractivity contribution in [1.29, 1.82) is 0 Å². The summed E-state index contributed by atoms with van der Waals surface area (Å²) in [6, 6.07) is 2.42. The Hall–Kier alpha value is -0.870. The van der Waals surface area contributed by atoms with Crippen molar-refractivity contribution in [3.8, 4) is 0 Å². The smallest absolute Gasteiger partial charge is 0.135 e. The molecule has 106 valence electrons. The van der Waals surface area contributed by atoms with Crippen LogP contribution in [-0.4, -0.2) is 48.1 Å². The second-order valence-electron chi connectivity index (χ2n) is 5.81. The number of halogens is 1. The van der Waals surface area contributed by atoms with Gasteiger partial charge in [-0.3, -0.25) is 0 Å². The van der Waals surface area contributed by atoms with Crippen LogP contribution in [-0.2, 0) is 0 Å². The molecule has 0 amide bonds. The highest BCUT2D eigenvalue weighted by Crippen LogP contribution is 2.27. The lowest BCUT2D eigenvalue weighted by Gasteiger charge is -2.28. The van der Waals surface area contributed by atoms with Gasteiger partial charge in [0.25, 0.3) is 0 Å². The van der Waals surface area contributed by atoms with Crippen LogP contribution in [0.15, 0.2) is 6.07 Å². The quantitative estimate of drug-likeness (QED) is 0.795. The van der Waals surface area contributed by atoms with Gasteiger partial charge in [-0.25, -0.2) is 9.97 Å². The van der Waals surface area contributed by atoms with E-state index >= 15 is 0 Å². The number of rotatable bonds is 4. The van der Waals surface area contributed by atoms with E-state index in [1.807, 2.05) is 6.07 Å². The molecule has 2 heterocycles. The summed E-state index contributed by atoms with van der Waals surface area (Å²) in [5.41, 5.74) is 0. The average Bonchev–Trinajstić information content (AvgIpc) is 2.75. The van der Waals surface area contributed by atoms with Crippen molar-refractivity contribution in [2.45, 2.75) is 38.6 Å². The molecule has 1 fully saturated rings. The first-order chi connectivity index (χ1) is 8.97. The highest BCUT2D eigenvalue weighted by molar-refractivity contribution is 6.29. The molecule has 1 saturated heterocycles. The van der Waals surface area contributed by atoms with E-state index in [9.17, 15) is 0 Å². The van der Waals surface area contributed by atoms with Gasteiger partial charge in [-0.2, -0.15) is 0 Å². The van der Waals surface area contributed by atoms with Crippen molar-refractivity contribution < 1.29 is 0 Å². The standard InChI is InChI=1S/C14H23ClN4/c1-10(2)14-16-12(15)8-13(17-14)19-7-5-6-11(19)9-18(3)4/h8,10-11H,5-7,9H2,1-4H3. The number of anilines is 1. The van der Waals surface area contributed by atoms with Crippen LogP contribution in [0.4, 0.5) is 5.82 Å². The van der Waals surface area contributed by atoms with Crippen molar-refractivity contribution in [3.05, 3.63) is 17.0 Å². The molecule has 1 aromatic rings. The molecule has 1 aromatic heterocycles. The van der Waals surface area contributed by atoms with Gasteiger partial charge in [0, 0.05) is 31.1 Å². The van der Waals surface area contributed by atoms with E-state index in [0.717, 1.165) is 24.7 Å². The highest BCUT2D eigenvalue weighted by Gasteiger charge is 2.26. The molecular weight excluding hydrogens is 260 g/mol. The molecule has 1 atom stereocenters. The Labute approximate surface area is 120 Å². The SMILES string of the molecule is CC(C)c1nc(Cl)cc(N2CCCC2CN(C)C)n1. The Morgan fingerprint density at radius 1 is 1.42 bits per heavy atom. The fraction of sp³-hybridized carbons (Fsp3) is 0.714. The number of hydrogen-bond acceptors (Lipinski definition) is 4.